The maximum absolute atomic E-state index is 6.41. The highest BCUT2D eigenvalue weighted by Gasteiger charge is 2.38. The molecule has 1 heteroatoms. The third-order valence-electron chi connectivity index (χ3n) is 3.51. The van der Waals surface area contributed by atoms with Crippen LogP contribution in [0.25, 0.3) is 5.57 Å². The molecular formula is C14H13N. The number of fused-ring (bicyclic) bond motifs is 4. The Kier molecular flexibility index (Phi) is 1.60. The molecule has 2 unspecified atom stereocenters. The summed E-state index contributed by atoms with van der Waals surface area (Å²) in [4.78, 5) is 0. The maximum atomic E-state index is 6.41. The summed E-state index contributed by atoms with van der Waals surface area (Å²) in [5.74, 6) is 6.59. The van der Waals surface area contributed by atoms with Crippen molar-refractivity contribution in [2.45, 2.75) is 18.9 Å². The highest BCUT2D eigenvalue weighted by Crippen LogP contribution is 2.43. The first-order chi connectivity index (χ1) is 7.19. The van der Waals surface area contributed by atoms with Crippen molar-refractivity contribution in [1.29, 1.82) is 0 Å². The van der Waals surface area contributed by atoms with Crippen LogP contribution in [0.5, 0.6) is 0 Å². The van der Waals surface area contributed by atoms with Crippen molar-refractivity contribution in [3.8, 4) is 11.8 Å². The van der Waals surface area contributed by atoms with Crippen LogP contribution in [0.4, 0.5) is 0 Å². The maximum Gasteiger partial charge on any atom is 0.0529 e. The van der Waals surface area contributed by atoms with Crippen LogP contribution in [0.2, 0.25) is 0 Å². The highest BCUT2D eigenvalue weighted by atomic mass is 14.8. The molecule has 0 aliphatic heterocycles. The lowest BCUT2D eigenvalue weighted by Gasteiger charge is -2.39. The summed E-state index contributed by atoms with van der Waals surface area (Å²) in [6.45, 7) is 2.09. The van der Waals surface area contributed by atoms with E-state index >= 15 is 0 Å². The zero-order chi connectivity index (χ0) is 10.5. The van der Waals surface area contributed by atoms with Gasteiger partial charge < -0.3 is 5.73 Å². The second-order valence-electron chi connectivity index (χ2n) is 4.54. The summed E-state index contributed by atoms with van der Waals surface area (Å²) in [5, 5.41) is 0. The van der Waals surface area contributed by atoms with Crippen molar-refractivity contribution in [2.75, 3.05) is 0 Å². The summed E-state index contributed by atoms with van der Waals surface area (Å²) in [5.41, 5.74) is 9.97. The Hall–Kier alpha value is -1.52. The minimum Gasteiger partial charge on any atom is -0.321 e. The van der Waals surface area contributed by atoms with Crippen LogP contribution in [-0.4, -0.2) is 0 Å². The first-order valence-corrected chi connectivity index (χ1v) is 5.28. The second-order valence-corrected chi connectivity index (χ2v) is 4.54. The zero-order valence-corrected chi connectivity index (χ0v) is 8.75. The van der Waals surface area contributed by atoms with Crippen LogP contribution in [0.3, 0.4) is 0 Å². The number of nitrogens with two attached hydrogens (primary N) is 1. The molecule has 2 bridgehead atoms. The van der Waals surface area contributed by atoms with Gasteiger partial charge in [-0.3, -0.25) is 0 Å². The summed E-state index contributed by atoms with van der Waals surface area (Å²) in [6, 6.07) is 8.40. The van der Waals surface area contributed by atoms with Gasteiger partial charge in [-0.1, -0.05) is 36.1 Å². The van der Waals surface area contributed by atoms with E-state index in [-0.39, 0.29) is 11.5 Å². The second kappa shape index (κ2) is 2.74. The van der Waals surface area contributed by atoms with Crippen LogP contribution in [-0.2, 0) is 5.54 Å². The molecule has 0 spiro atoms. The molecule has 0 radical (unpaired) electrons. The minimum absolute atomic E-state index is 0.271. The van der Waals surface area contributed by atoms with Gasteiger partial charge in [-0.2, -0.15) is 0 Å². The van der Waals surface area contributed by atoms with E-state index in [4.69, 9.17) is 5.73 Å². The van der Waals surface area contributed by atoms with Gasteiger partial charge in [-0.25, -0.2) is 0 Å². The Balaban J connectivity index is 2.32. The summed E-state index contributed by atoms with van der Waals surface area (Å²) < 4.78 is 0. The number of rotatable bonds is 0. The minimum atomic E-state index is -0.304. The monoisotopic (exact) mass is 195 g/mol. The first-order valence-electron chi connectivity index (χ1n) is 5.28. The Morgan fingerprint density at radius 3 is 3.07 bits per heavy atom. The normalized spacial score (nSPS) is 31.1. The van der Waals surface area contributed by atoms with E-state index in [9.17, 15) is 0 Å². The van der Waals surface area contributed by atoms with Crippen molar-refractivity contribution in [3.63, 3.8) is 0 Å². The molecule has 0 heterocycles. The molecule has 1 nitrogen and oxygen atoms in total. The third kappa shape index (κ3) is 1.09. The van der Waals surface area contributed by atoms with Crippen molar-refractivity contribution >= 4 is 5.57 Å². The van der Waals surface area contributed by atoms with Gasteiger partial charge in [0, 0.05) is 5.92 Å². The molecule has 74 valence electrons. The van der Waals surface area contributed by atoms with Crippen LogP contribution in [0.15, 0.2) is 30.3 Å². The topological polar surface area (TPSA) is 26.0 Å². The molecule has 0 saturated carbocycles. The number of allylic oxidation sites excluding steroid dienone is 2. The van der Waals surface area contributed by atoms with Gasteiger partial charge >= 0.3 is 0 Å². The standard InChI is InChI=1S/C14H13N/c1-14(15)11-6-4-5-10(9-11)12-7-2-3-8-13(12)14/h2-3,5,7-8,11H,9,15H2,1H3. The molecular weight excluding hydrogens is 182 g/mol. The van der Waals surface area contributed by atoms with Crippen molar-refractivity contribution in [1.82, 2.24) is 0 Å². The molecule has 2 N–H and O–H groups in total. The fraction of sp³-hybridized carbons (Fsp3) is 0.286. The molecule has 2 aliphatic carbocycles. The van der Waals surface area contributed by atoms with Crippen molar-refractivity contribution in [3.05, 3.63) is 41.5 Å². The van der Waals surface area contributed by atoms with Gasteiger partial charge in [0.1, 0.15) is 0 Å². The number of benzene rings is 1. The molecule has 15 heavy (non-hydrogen) atoms. The van der Waals surface area contributed by atoms with E-state index in [1.807, 2.05) is 6.08 Å². The van der Waals surface area contributed by atoms with Crippen molar-refractivity contribution in [2.24, 2.45) is 11.7 Å². The lowest BCUT2D eigenvalue weighted by molar-refractivity contribution is 0.365. The van der Waals surface area contributed by atoms with E-state index < -0.39 is 0 Å². The molecule has 2 atom stereocenters. The first kappa shape index (κ1) is 8.76. The van der Waals surface area contributed by atoms with E-state index in [2.05, 4.69) is 43.0 Å². The van der Waals surface area contributed by atoms with Gasteiger partial charge in [0.2, 0.25) is 0 Å². The highest BCUT2D eigenvalue weighted by molar-refractivity contribution is 5.76. The molecule has 2 aliphatic rings. The van der Waals surface area contributed by atoms with Gasteiger partial charge in [-0.05, 0) is 36.1 Å². The lowest BCUT2D eigenvalue weighted by atomic mass is 9.68. The van der Waals surface area contributed by atoms with E-state index in [0.29, 0.717) is 0 Å². The zero-order valence-electron chi connectivity index (χ0n) is 8.75. The van der Waals surface area contributed by atoms with E-state index in [1.165, 1.54) is 16.7 Å². The summed E-state index contributed by atoms with van der Waals surface area (Å²) in [7, 11) is 0. The molecule has 0 saturated heterocycles. The third-order valence-corrected chi connectivity index (χ3v) is 3.51. The van der Waals surface area contributed by atoms with Crippen LogP contribution in [0, 0.1) is 17.8 Å². The largest absolute Gasteiger partial charge is 0.321 e. The van der Waals surface area contributed by atoms with Crippen LogP contribution in [0.1, 0.15) is 24.5 Å². The summed E-state index contributed by atoms with van der Waals surface area (Å²) >= 11 is 0. The molecule has 0 aromatic heterocycles. The number of hydrogen-bond donors (Lipinski definition) is 1. The van der Waals surface area contributed by atoms with E-state index in [0.717, 1.165) is 6.42 Å². The molecule has 1 aromatic carbocycles. The van der Waals surface area contributed by atoms with Gasteiger partial charge in [-0.15, -0.1) is 0 Å². The Morgan fingerprint density at radius 2 is 2.20 bits per heavy atom. The predicted octanol–water partition coefficient (Wildman–Crippen LogP) is 2.28. The van der Waals surface area contributed by atoms with E-state index in [1.54, 1.807) is 0 Å². The van der Waals surface area contributed by atoms with Gasteiger partial charge in [0.15, 0.2) is 0 Å². The Morgan fingerprint density at radius 1 is 1.40 bits per heavy atom. The Bertz CT molecular complexity index is 512. The number of hydrogen-bond acceptors (Lipinski definition) is 1. The fourth-order valence-electron chi connectivity index (χ4n) is 2.53. The molecule has 0 fully saturated rings. The van der Waals surface area contributed by atoms with Gasteiger partial charge in [0.25, 0.3) is 0 Å². The lowest BCUT2D eigenvalue weighted by Crippen LogP contribution is -2.44. The fourth-order valence-corrected chi connectivity index (χ4v) is 2.53. The predicted molar refractivity (Wildman–Crippen MR) is 61.8 cm³/mol. The smallest absolute Gasteiger partial charge is 0.0529 e. The summed E-state index contributed by atoms with van der Waals surface area (Å²) in [6.07, 6.45) is 3.03. The van der Waals surface area contributed by atoms with Crippen LogP contribution >= 0.6 is 0 Å². The SMILES string of the molecule is CC1(N)c2ccccc2C2=CC#CC1C2. The van der Waals surface area contributed by atoms with Crippen LogP contribution < -0.4 is 5.73 Å². The molecule has 1 aromatic rings. The Labute approximate surface area is 90.0 Å². The quantitative estimate of drug-likeness (QED) is 0.631. The molecule has 0 amide bonds. The average Bonchev–Trinajstić information content (AvgIpc) is 2.28. The average molecular weight is 195 g/mol. The van der Waals surface area contributed by atoms with Gasteiger partial charge in [0.05, 0.1) is 5.54 Å². The van der Waals surface area contributed by atoms with Crippen molar-refractivity contribution < 1.29 is 0 Å². The molecule has 3 rings (SSSR count).